The van der Waals surface area contributed by atoms with E-state index in [-0.39, 0.29) is 12.5 Å². The molecule has 1 aromatic heterocycles. The van der Waals surface area contributed by atoms with Gasteiger partial charge in [0.1, 0.15) is 0 Å². The molecule has 0 saturated heterocycles. The SMILES string of the molecule is Cc1ccc(-n2nc(C)c(C(=O)NNC(=O)c3ccc4c(c3)OCO4)n2)c(C)c1. The fourth-order valence-corrected chi connectivity index (χ4v) is 3.01. The number of hydrazine groups is 1. The van der Waals surface area contributed by atoms with Crippen molar-refractivity contribution in [2.75, 3.05) is 6.79 Å². The fourth-order valence-electron chi connectivity index (χ4n) is 3.01. The molecule has 3 aromatic rings. The Morgan fingerprint density at radius 3 is 2.48 bits per heavy atom. The summed E-state index contributed by atoms with van der Waals surface area (Å²) in [7, 11) is 0. The Morgan fingerprint density at radius 1 is 0.931 bits per heavy atom. The first-order valence-corrected chi connectivity index (χ1v) is 8.94. The number of nitrogens with zero attached hydrogens (tertiary/aromatic N) is 3. The molecule has 1 aliphatic rings. The molecule has 2 heterocycles. The van der Waals surface area contributed by atoms with Crippen LogP contribution in [0.2, 0.25) is 0 Å². The van der Waals surface area contributed by atoms with Crippen molar-refractivity contribution in [3.05, 3.63) is 64.5 Å². The number of carbonyl (C=O) groups is 2. The Hall–Kier alpha value is -3.88. The van der Waals surface area contributed by atoms with Crippen LogP contribution in [0, 0.1) is 20.8 Å². The number of hydrogen-bond donors (Lipinski definition) is 2. The summed E-state index contributed by atoms with van der Waals surface area (Å²) >= 11 is 0. The first-order chi connectivity index (χ1) is 13.9. The minimum Gasteiger partial charge on any atom is -0.454 e. The van der Waals surface area contributed by atoms with Gasteiger partial charge in [-0.2, -0.15) is 9.90 Å². The van der Waals surface area contributed by atoms with Crippen LogP contribution in [0.3, 0.4) is 0 Å². The first kappa shape index (κ1) is 18.5. The molecule has 0 unspecified atom stereocenters. The van der Waals surface area contributed by atoms with Crippen LogP contribution in [0.25, 0.3) is 5.69 Å². The molecule has 2 N–H and O–H groups in total. The summed E-state index contributed by atoms with van der Waals surface area (Å²) in [5.74, 6) is 0.00383. The summed E-state index contributed by atoms with van der Waals surface area (Å²) in [5.41, 5.74) is 8.52. The number of aryl methyl sites for hydroxylation is 3. The number of ether oxygens (including phenoxy) is 2. The van der Waals surface area contributed by atoms with Gasteiger partial charge in [-0.25, -0.2) is 0 Å². The van der Waals surface area contributed by atoms with E-state index in [0.29, 0.717) is 22.8 Å². The molecule has 9 heteroatoms. The van der Waals surface area contributed by atoms with Crippen LogP contribution >= 0.6 is 0 Å². The number of amides is 2. The number of rotatable bonds is 3. The fraction of sp³-hybridized carbons (Fsp3) is 0.200. The minimum absolute atomic E-state index is 0.118. The molecule has 148 valence electrons. The highest BCUT2D eigenvalue weighted by Gasteiger charge is 2.19. The second-order valence-electron chi connectivity index (χ2n) is 6.69. The molecule has 0 saturated carbocycles. The summed E-state index contributed by atoms with van der Waals surface area (Å²) in [6.45, 7) is 5.75. The number of carbonyl (C=O) groups excluding carboxylic acids is 2. The quantitative estimate of drug-likeness (QED) is 0.659. The van der Waals surface area contributed by atoms with Crippen molar-refractivity contribution in [1.82, 2.24) is 25.8 Å². The number of benzene rings is 2. The summed E-state index contributed by atoms with van der Waals surface area (Å²) < 4.78 is 10.5. The molecule has 0 aliphatic carbocycles. The minimum atomic E-state index is -0.562. The van der Waals surface area contributed by atoms with Gasteiger partial charge < -0.3 is 9.47 Å². The molecule has 0 radical (unpaired) electrons. The van der Waals surface area contributed by atoms with Crippen LogP contribution in [0.5, 0.6) is 11.5 Å². The van der Waals surface area contributed by atoms with E-state index >= 15 is 0 Å². The lowest BCUT2D eigenvalue weighted by atomic mass is 10.1. The van der Waals surface area contributed by atoms with Gasteiger partial charge in [-0.3, -0.25) is 20.4 Å². The highest BCUT2D eigenvalue weighted by Crippen LogP contribution is 2.32. The van der Waals surface area contributed by atoms with Crippen molar-refractivity contribution in [3.63, 3.8) is 0 Å². The van der Waals surface area contributed by atoms with Gasteiger partial charge in [-0.05, 0) is 50.6 Å². The van der Waals surface area contributed by atoms with Gasteiger partial charge in [0.05, 0.1) is 11.4 Å². The van der Waals surface area contributed by atoms with Crippen LogP contribution in [-0.4, -0.2) is 33.6 Å². The zero-order valence-corrected chi connectivity index (χ0v) is 16.1. The number of hydrogen-bond acceptors (Lipinski definition) is 6. The van der Waals surface area contributed by atoms with E-state index in [1.165, 1.54) is 4.80 Å². The molecule has 1 aliphatic heterocycles. The average Bonchev–Trinajstić information content (AvgIpc) is 3.31. The Kier molecular flexibility index (Phi) is 4.63. The highest BCUT2D eigenvalue weighted by atomic mass is 16.7. The average molecular weight is 393 g/mol. The summed E-state index contributed by atoms with van der Waals surface area (Å²) in [6, 6.07) is 10.6. The van der Waals surface area contributed by atoms with Crippen molar-refractivity contribution in [2.45, 2.75) is 20.8 Å². The van der Waals surface area contributed by atoms with Crippen molar-refractivity contribution < 1.29 is 19.1 Å². The molecule has 4 rings (SSSR count). The Labute approximate surface area is 166 Å². The molecule has 2 amide bonds. The lowest BCUT2D eigenvalue weighted by molar-refractivity contribution is 0.0843. The molecule has 0 atom stereocenters. The lowest BCUT2D eigenvalue weighted by Crippen LogP contribution is -2.42. The van der Waals surface area contributed by atoms with Gasteiger partial charge in [-0.15, -0.1) is 5.10 Å². The molecular formula is C20H19N5O4. The Bertz CT molecular complexity index is 1120. The van der Waals surface area contributed by atoms with Crippen molar-refractivity contribution in [2.24, 2.45) is 0 Å². The van der Waals surface area contributed by atoms with Gasteiger partial charge in [0, 0.05) is 5.56 Å². The molecule has 2 aromatic carbocycles. The van der Waals surface area contributed by atoms with Crippen molar-refractivity contribution in [1.29, 1.82) is 0 Å². The lowest BCUT2D eigenvalue weighted by Gasteiger charge is -2.07. The van der Waals surface area contributed by atoms with Gasteiger partial charge >= 0.3 is 0 Å². The zero-order valence-electron chi connectivity index (χ0n) is 16.1. The Morgan fingerprint density at radius 2 is 1.69 bits per heavy atom. The normalized spacial score (nSPS) is 12.0. The topological polar surface area (TPSA) is 107 Å². The van der Waals surface area contributed by atoms with E-state index in [9.17, 15) is 9.59 Å². The largest absolute Gasteiger partial charge is 0.454 e. The van der Waals surface area contributed by atoms with E-state index in [0.717, 1.165) is 16.8 Å². The number of nitrogens with one attached hydrogen (secondary N) is 2. The monoisotopic (exact) mass is 393 g/mol. The maximum absolute atomic E-state index is 12.5. The van der Waals surface area contributed by atoms with Crippen LogP contribution in [0.1, 0.15) is 37.7 Å². The van der Waals surface area contributed by atoms with Crippen molar-refractivity contribution in [3.8, 4) is 17.2 Å². The molecule has 0 spiro atoms. The third-order valence-corrected chi connectivity index (χ3v) is 4.49. The third kappa shape index (κ3) is 3.62. The van der Waals surface area contributed by atoms with E-state index in [1.807, 2.05) is 32.0 Å². The number of fused-ring (bicyclic) bond motifs is 1. The van der Waals surface area contributed by atoms with Crippen LogP contribution in [-0.2, 0) is 0 Å². The second-order valence-corrected chi connectivity index (χ2v) is 6.69. The molecule has 29 heavy (non-hydrogen) atoms. The van der Waals surface area contributed by atoms with E-state index in [4.69, 9.17) is 9.47 Å². The third-order valence-electron chi connectivity index (χ3n) is 4.49. The maximum Gasteiger partial charge on any atom is 0.292 e. The molecule has 0 bridgehead atoms. The smallest absolute Gasteiger partial charge is 0.292 e. The summed E-state index contributed by atoms with van der Waals surface area (Å²) in [4.78, 5) is 26.2. The van der Waals surface area contributed by atoms with Crippen molar-refractivity contribution >= 4 is 11.8 Å². The predicted octanol–water partition coefficient (Wildman–Crippen LogP) is 2.00. The summed E-state index contributed by atoms with van der Waals surface area (Å²) in [6.07, 6.45) is 0. The maximum atomic E-state index is 12.5. The van der Waals surface area contributed by atoms with E-state index < -0.39 is 11.8 Å². The van der Waals surface area contributed by atoms with Gasteiger partial charge in [-0.1, -0.05) is 17.7 Å². The van der Waals surface area contributed by atoms with Gasteiger partial charge in [0.15, 0.2) is 17.2 Å². The van der Waals surface area contributed by atoms with Crippen LogP contribution in [0.4, 0.5) is 0 Å². The first-order valence-electron chi connectivity index (χ1n) is 8.94. The highest BCUT2D eigenvalue weighted by molar-refractivity contribution is 5.99. The zero-order chi connectivity index (χ0) is 20.5. The van der Waals surface area contributed by atoms with E-state index in [1.54, 1.807) is 25.1 Å². The number of aromatic nitrogens is 3. The van der Waals surface area contributed by atoms with Crippen LogP contribution < -0.4 is 20.3 Å². The Balaban J connectivity index is 1.46. The van der Waals surface area contributed by atoms with E-state index in [2.05, 4.69) is 21.0 Å². The molecule has 9 nitrogen and oxygen atoms in total. The second kappa shape index (κ2) is 7.27. The van der Waals surface area contributed by atoms with Crippen LogP contribution in [0.15, 0.2) is 36.4 Å². The standard InChI is InChI=1S/C20H19N5O4/c1-11-4-6-15(12(2)8-11)25-23-13(3)18(24-25)20(27)22-21-19(26)14-5-7-16-17(9-14)29-10-28-16/h4-9H,10H2,1-3H3,(H,21,26)(H,22,27). The van der Waals surface area contributed by atoms with Gasteiger partial charge in [0.2, 0.25) is 6.79 Å². The predicted molar refractivity (Wildman–Crippen MR) is 103 cm³/mol. The summed E-state index contributed by atoms with van der Waals surface area (Å²) in [5, 5.41) is 8.59. The van der Waals surface area contributed by atoms with Gasteiger partial charge in [0.25, 0.3) is 11.8 Å². The molecule has 0 fully saturated rings. The molecular weight excluding hydrogens is 374 g/mol.